The van der Waals surface area contributed by atoms with Crippen molar-refractivity contribution in [2.45, 2.75) is 46.6 Å². The van der Waals surface area contributed by atoms with E-state index in [1.54, 1.807) is 31.4 Å². The predicted octanol–water partition coefficient (Wildman–Crippen LogP) is 3.64. The number of methoxy groups -OCH3 is 1. The fourth-order valence-electron chi connectivity index (χ4n) is 4.07. The zero-order valence-electron chi connectivity index (χ0n) is 20.3. The van der Waals surface area contributed by atoms with Gasteiger partial charge in [0.25, 0.3) is 5.91 Å². The highest BCUT2D eigenvalue weighted by Gasteiger charge is 2.28. The summed E-state index contributed by atoms with van der Waals surface area (Å²) in [6, 6.07) is 7.41. The van der Waals surface area contributed by atoms with Gasteiger partial charge >= 0.3 is 0 Å². The zero-order chi connectivity index (χ0) is 23.8. The summed E-state index contributed by atoms with van der Waals surface area (Å²) in [6.07, 6.45) is 2.37. The van der Waals surface area contributed by atoms with Crippen LogP contribution in [0.3, 0.4) is 0 Å². The average Bonchev–Trinajstić information content (AvgIpc) is 2.70. The van der Waals surface area contributed by atoms with Crippen molar-refractivity contribution in [2.75, 3.05) is 46.6 Å². The lowest BCUT2D eigenvalue weighted by Gasteiger charge is -2.33. The lowest BCUT2D eigenvalue weighted by molar-refractivity contribution is -0.118. The summed E-state index contributed by atoms with van der Waals surface area (Å²) in [7, 11) is 1.59. The third-order valence-electron chi connectivity index (χ3n) is 5.06. The van der Waals surface area contributed by atoms with Gasteiger partial charge in [-0.15, -0.1) is 0 Å². The molecule has 1 amide bonds. The summed E-state index contributed by atoms with van der Waals surface area (Å²) < 4.78 is 16.7. The Hall–Kier alpha value is -2.56. The van der Waals surface area contributed by atoms with Crippen LogP contribution in [0.2, 0.25) is 0 Å². The Morgan fingerprint density at radius 2 is 1.91 bits per heavy atom. The molecule has 0 spiro atoms. The highest BCUT2D eigenvalue weighted by Crippen LogP contribution is 2.30. The number of benzene rings is 1. The maximum atomic E-state index is 12.8. The van der Waals surface area contributed by atoms with Crippen LogP contribution in [0.4, 0.5) is 0 Å². The minimum Gasteiger partial charge on any atom is -0.493 e. The van der Waals surface area contributed by atoms with Crippen LogP contribution in [0.1, 0.15) is 46.6 Å². The number of hydrogen-bond acceptors (Lipinski definition) is 6. The minimum absolute atomic E-state index is 0.0522. The van der Waals surface area contributed by atoms with Crippen LogP contribution in [0.5, 0.6) is 11.5 Å². The molecule has 0 radical (unpaired) electrons. The maximum absolute atomic E-state index is 12.8. The average molecular weight is 444 g/mol. The number of hydrogen-bond donors (Lipinski definition) is 1. The second-order valence-corrected chi connectivity index (χ2v) is 9.96. The molecule has 0 aromatic heterocycles. The zero-order valence-corrected chi connectivity index (χ0v) is 20.3. The van der Waals surface area contributed by atoms with Gasteiger partial charge in [-0.3, -0.25) is 9.69 Å². The summed E-state index contributed by atoms with van der Waals surface area (Å²) >= 11 is 0. The molecule has 2 rings (SSSR count). The van der Waals surface area contributed by atoms with Crippen molar-refractivity contribution in [1.82, 2.24) is 10.2 Å². The van der Waals surface area contributed by atoms with Gasteiger partial charge in [0.2, 0.25) is 0 Å². The van der Waals surface area contributed by atoms with Crippen LogP contribution in [0.25, 0.3) is 6.08 Å². The molecule has 1 aromatic carbocycles. The number of amides is 1. The number of nitrogens with one attached hydrogen (secondary N) is 1. The molecule has 7 heteroatoms. The van der Waals surface area contributed by atoms with Crippen molar-refractivity contribution >= 4 is 12.0 Å². The molecule has 0 atom stereocenters. The molecule has 0 saturated carbocycles. The van der Waals surface area contributed by atoms with E-state index in [2.05, 4.69) is 31.0 Å². The lowest BCUT2D eigenvalue weighted by Crippen LogP contribution is -2.46. The number of nitrogens with zero attached hydrogens (tertiary/aromatic N) is 2. The van der Waals surface area contributed by atoms with Crippen LogP contribution in [0.15, 0.2) is 23.8 Å². The first kappa shape index (κ1) is 25.7. The van der Waals surface area contributed by atoms with Gasteiger partial charge in [0.1, 0.15) is 18.2 Å². The lowest BCUT2D eigenvalue weighted by atomic mass is 9.81. The van der Waals surface area contributed by atoms with E-state index in [0.717, 1.165) is 39.3 Å². The predicted molar refractivity (Wildman–Crippen MR) is 126 cm³/mol. The maximum Gasteiger partial charge on any atom is 0.262 e. The van der Waals surface area contributed by atoms with E-state index in [1.807, 2.05) is 19.9 Å². The highest BCUT2D eigenvalue weighted by molar-refractivity contribution is 6.02. The Morgan fingerprint density at radius 3 is 2.50 bits per heavy atom. The van der Waals surface area contributed by atoms with Gasteiger partial charge in [0, 0.05) is 25.2 Å². The van der Waals surface area contributed by atoms with Crippen molar-refractivity contribution in [3.05, 3.63) is 29.3 Å². The van der Waals surface area contributed by atoms with Crippen LogP contribution < -0.4 is 14.8 Å². The molecule has 1 heterocycles. The van der Waals surface area contributed by atoms with Gasteiger partial charge in [0.05, 0.1) is 20.3 Å². The number of carbonyl (C=O) groups is 1. The Kier molecular flexibility index (Phi) is 9.11. The monoisotopic (exact) mass is 443 g/mol. The van der Waals surface area contributed by atoms with Crippen molar-refractivity contribution in [3.8, 4) is 17.6 Å². The molecule has 1 fully saturated rings. The second-order valence-electron chi connectivity index (χ2n) is 9.96. The van der Waals surface area contributed by atoms with E-state index in [9.17, 15) is 10.1 Å². The third kappa shape index (κ3) is 8.52. The molecule has 1 aliphatic heterocycles. The number of ether oxygens (including phenoxy) is 3. The van der Waals surface area contributed by atoms with Crippen LogP contribution in [0, 0.1) is 16.7 Å². The van der Waals surface area contributed by atoms with E-state index < -0.39 is 5.54 Å². The number of carbonyl (C=O) groups excluding carboxylic acids is 1. The fraction of sp³-hybridized carbons (Fsp3) is 0.600. The summed E-state index contributed by atoms with van der Waals surface area (Å²) in [6.45, 7) is 14.9. The molecule has 1 saturated heterocycles. The molecular weight excluding hydrogens is 406 g/mol. The van der Waals surface area contributed by atoms with Crippen molar-refractivity contribution in [1.29, 1.82) is 5.26 Å². The van der Waals surface area contributed by atoms with Gasteiger partial charge in [-0.2, -0.15) is 5.26 Å². The van der Waals surface area contributed by atoms with E-state index >= 15 is 0 Å². The normalized spacial score (nSPS) is 15.7. The standard InChI is InChI=1S/C25H37N3O4/c1-24(2,3)18-25(4,5)27-23(29)20(17-26)15-19-7-8-21(30-6)22(16-19)32-14-11-28-9-12-31-13-10-28/h7-8,15-16H,9-14,18H2,1-6H3,(H,27,29). The minimum atomic E-state index is -0.432. The summed E-state index contributed by atoms with van der Waals surface area (Å²) in [5.74, 6) is 0.811. The van der Waals surface area contributed by atoms with E-state index in [4.69, 9.17) is 14.2 Å². The SMILES string of the molecule is COc1ccc(C=C(C#N)C(=O)NC(C)(C)CC(C)(C)C)cc1OCCN1CCOCC1. The molecule has 176 valence electrons. The molecule has 0 aliphatic carbocycles. The third-order valence-corrected chi connectivity index (χ3v) is 5.06. The first-order chi connectivity index (χ1) is 15.0. The summed E-state index contributed by atoms with van der Waals surface area (Å²) in [5, 5.41) is 12.6. The van der Waals surface area contributed by atoms with Gasteiger partial charge in [-0.25, -0.2) is 0 Å². The van der Waals surface area contributed by atoms with Crippen molar-refractivity contribution in [3.63, 3.8) is 0 Å². The Balaban J connectivity index is 2.10. The first-order valence-electron chi connectivity index (χ1n) is 11.1. The van der Waals surface area contributed by atoms with Crippen molar-refractivity contribution in [2.24, 2.45) is 5.41 Å². The Labute approximate surface area is 192 Å². The number of rotatable bonds is 9. The number of morpholine rings is 1. The molecule has 0 bridgehead atoms. The molecule has 7 nitrogen and oxygen atoms in total. The molecule has 0 unspecified atom stereocenters. The summed E-state index contributed by atoms with van der Waals surface area (Å²) in [4.78, 5) is 15.1. The highest BCUT2D eigenvalue weighted by atomic mass is 16.5. The Bertz CT molecular complexity index is 844. The topological polar surface area (TPSA) is 83.8 Å². The second kappa shape index (κ2) is 11.3. The van der Waals surface area contributed by atoms with E-state index in [1.165, 1.54) is 0 Å². The smallest absolute Gasteiger partial charge is 0.262 e. The largest absolute Gasteiger partial charge is 0.493 e. The molecule has 32 heavy (non-hydrogen) atoms. The molecule has 1 aromatic rings. The van der Waals surface area contributed by atoms with Gasteiger partial charge in [0.15, 0.2) is 11.5 Å². The van der Waals surface area contributed by atoms with E-state index in [-0.39, 0.29) is 16.9 Å². The van der Waals surface area contributed by atoms with Crippen LogP contribution in [-0.4, -0.2) is 62.9 Å². The quantitative estimate of drug-likeness (QED) is 0.463. The first-order valence-corrected chi connectivity index (χ1v) is 11.1. The van der Waals surface area contributed by atoms with Crippen molar-refractivity contribution < 1.29 is 19.0 Å². The fourth-order valence-corrected chi connectivity index (χ4v) is 4.07. The molecule has 1 N–H and O–H groups in total. The Morgan fingerprint density at radius 1 is 1.22 bits per heavy atom. The van der Waals surface area contributed by atoms with Gasteiger partial charge < -0.3 is 19.5 Å². The van der Waals surface area contributed by atoms with Crippen LogP contribution in [-0.2, 0) is 9.53 Å². The molecular formula is C25H37N3O4. The molecule has 1 aliphatic rings. The van der Waals surface area contributed by atoms with Gasteiger partial charge in [-0.05, 0) is 49.5 Å². The van der Waals surface area contributed by atoms with Gasteiger partial charge in [-0.1, -0.05) is 26.8 Å². The van der Waals surface area contributed by atoms with Crippen LogP contribution >= 0.6 is 0 Å². The number of nitriles is 1. The van der Waals surface area contributed by atoms with E-state index in [0.29, 0.717) is 23.7 Å². The summed E-state index contributed by atoms with van der Waals surface area (Å²) in [5.41, 5.74) is 0.374.